The van der Waals surface area contributed by atoms with E-state index >= 15 is 0 Å². The first-order valence-corrected chi connectivity index (χ1v) is 5.84. The smallest absolute Gasteiger partial charge is 0.317 e. The topological polar surface area (TPSA) is 69.6 Å². The minimum atomic E-state index is -0.819. The van der Waals surface area contributed by atoms with E-state index in [1.807, 2.05) is 4.90 Å². The van der Waals surface area contributed by atoms with Crippen LogP contribution in [0, 0.1) is 5.92 Å². The highest BCUT2D eigenvalue weighted by molar-refractivity contribution is 5.74. The number of nitrogens with zero attached hydrogens (tertiary/aromatic N) is 1. The van der Waals surface area contributed by atoms with Crippen LogP contribution in [0.25, 0.3) is 0 Å². The fourth-order valence-electron chi connectivity index (χ4n) is 1.92. The predicted molar refractivity (Wildman–Crippen MR) is 60.2 cm³/mol. The van der Waals surface area contributed by atoms with Gasteiger partial charge in [-0.05, 0) is 25.2 Å². The van der Waals surface area contributed by atoms with Gasteiger partial charge in [0, 0.05) is 26.1 Å². The zero-order valence-corrected chi connectivity index (χ0v) is 9.74. The summed E-state index contributed by atoms with van der Waals surface area (Å²) in [4.78, 5) is 23.7. The summed E-state index contributed by atoms with van der Waals surface area (Å²) in [5, 5.41) is 11.2. The molecule has 2 N–H and O–H groups in total. The summed E-state index contributed by atoms with van der Waals surface area (Å²) < 4.78 is 0. The standard InChI is InChI=1S/C11H20N2O3/c1-9-4-3-7-13(8-9)11(16)12-6-2-5-10(14)15/h9H,2-8H2,1H3,(H,12,16)(H,14,15). The van der Waals surface area contributed by atoms with E-state index < -0.39 is 5.97 Å². The molecule has 5 heteroatoms. The number of urea groups is 1. The van der Waals surface area contributed by atoms with Crippen LogP contribution >= 0.6 is 0 Å². The maximum Gasteiger partial charge on any atom is 0.317 e. The molecule has 0 spiro atoms. The van der Waals surface area contributed by atoms with Crippen molar-refractivity contribution >= 4 is 12.0 Å². The van der Waals surface area contributed by atoms with Crippen LogP contribution in [0.3, 0.4) is 0 Å². The Morgan fingerprint density at radius 2 is 2.25 bits per heavy atom. The average molecular weight is 228 g/mol. The molecule has 0 radical (unpaired) electrons. The van der Waals surface area contributed by atoms with Crippen LogP contribution in [-0.2, 0) is 4.79 Å². The molecule has 0 bridgehead atoms. The molecule has 1 aliphatic heterocycles. The lowest BCUT2D eigenvalue weighted by Crippen LogP contribution is -2.45. The van der Waals surface area contributed by atoms with E-state index in [1.54, 1.807) is 0 Å². The predicted octanol–water partition coefficient (Wildman–Crippen LogP) is 1.29. The first-order valence-electron chi connectivity index (χ1n) is 5.84. The van der Waals surface area contributed by atoms with Crippen molar-refractivity contribution < 1.29 is 14.7 Å². The van der Waals surface area contributed by atoms with Gasteiger partial charge in [0.2, 0.25) is 0 Å². The molecule has 16 heavy (non-hydrogen) atoms. The normalized spacial score (nSPS) is 20.6. The van der Waals surface area contributed by atoms with Gasteiger partial charge in [0.05, 0.1) is 0 Å². The molecule has 1 rings (SSSR count). The molecule has 0 aromatic rings. The Morgan fingerprint density at radius 3 is 2.88 bits per heavy atom. The fraction of sp³-hybridized carbons (Fsp3) is 0.818. The van der Waals surface area contributed by atoms with Gasteiger partial charge in [-0.2, -0.15) is 0 Å². The van der Waals surface area contributed by atoms with Gasteiger partial charge in [0.25, 0.3) is 0 Å². The number of carbonyl (C=O) groups excluding carboxylic acids is 1. The van der Waals surface area contributed by atoms with Gasteiger partial charge in [-0.25, -0.2) is 4.79 Å². The van der Waals surface area contributed by atoms with Gasteiger partial charge in [-0.15, -0.1) is 0 Å². The van der Waals surface area contributed by atoms with E-state index in [2.05, 4.69) is 12.2 Å². The van der Waals surface area contributed by atoms with Crippen molar-refractivity contribution in [3.05, 3.63) is 0 Å². The van der Waals surface area contributed by atoms with Gasteiger partial charge in [-0.3, -0.25) is 4.79 Å². The summed E-state index contributed by atoms with van der Waals surface area (Å²) in [5.74, 6) is -0.251. The van der Waals surface area contributed by atoms with Crippen LogP contribution in [-0.4, -0.2) is 41.6 Å². The molecule has 1 heterocycles. The summed E-state index contributed by atoms with van der Waals surface area (Å²) in [5.41, 5.74) is 0. The molecule has 1 saturated heterocycles. The second-order valence-electron chi connectivity index (χ2n) is 4.42. The lowest BCUT2D eigenvalue weighted by Gasteiger charge is -2.30. The minimum Gasteiger partial charge on any atom is -0.481 e. The molecule has 0 aromatic carbocycles. The van der Waals surface area contributed by atoms with Crippen molar-refractivity contribution in [2.75, 3.05) is 19.6 Å². The first-order chi connectivity index (χ1) is 7.59. The highest BCUT2D eigenvalue weighted by Crippen LogP contribution is 2.15. The van der Waals surface area contributed by atoms with Crippen molar-refractivity contribution in [3.63, 3.8) is 0 Å². The Bertz CT molecular complexity index is 256. The Morgan fingerprint density at radius 1 is 1.50 bits per heavy atom. The number of carboxylic acid groups (broad SMARTS) is 1. The SMILES string of the molecule is CC1CCCN(C(=O)NCCCC(=O)O)C1. The van der Waals surface area contributed by atoms with Crippen LogP contribution < -0.4 is 5.32 Å². The largest absolute Gasteiger partial charge is 0.481 e. The third-order valence-corrected chi connectivity index (χ3v) is 2.79. The number of hydrogen-bond acceptors (Lipinski definition) is 2. The van der Waals surface area contributed by atoms with Crippen molar-refractivity contribution in [1.82, 2.24) is 10.2 Å². The second-order valence-corrected chi connectivity index (χ2v) is 4.42. The molecule has 1 aliphatic rings. The molecule has 0 aliphatic carbocycles. The highest BCUT2D eigenvalue weighted by atomic mass is 16.4. The summed E-state index contributed by atoms with van der Waals surface area (Å²) in [6.07, 6.45) is 2.84. The van der Waals surface area contributed by atoms with Crippen LogP contribution in [0.15, 0.2) is 0 Å². The van der Waals surface area contributed by atoms with E-state index in [-0.39, 0.29) is 12.5 Å². The van der Waals surface area contributed by atoms with Gasteiger partial charge in [0.15, 0.2) is 0 Å². The molecule has 92 valence electrons. The number of piperidine rings is 1. The molecule has 1 atom stereocenters. The molecular formula is C11H20N2O3. The third-order valence-electron chi connectivity index (χ3n) is 2.79. The first kappa shape index (κ1) is 12.8. The van der Waals surface area contributed by atoms with Crippen molar-refractivity contribution in [1.29, 1.82) is 0 Å². The van der Waals surface area contributed by atoms with E-state index in [0.29, 0.717) is 18.9 Å². The van der Waals surface area contributed by atoms with Gasteiger partial charge >= 0.3 is 12.0 Å². The van der Waals surface area contributed by atoms with Gasteiger partial charge in [-0.1, -0.05) is 6.92 Å². The molecule has 1 unspecified atom stereocenters. The zero-order chi connectivity index (χ0) is 12.0. The summed E-state index contributed by atoms with van der Waals surface area (Å²) >= 11 is 0. The number of amides is 2. The van der Waals surface area contributed by atoms with Crippen molar-refractivity contribution in [2.24, 2.45) is 5.92 Å². The Hall–Kier alpha value is -1.26. The number of nitrogens with one attached hydrogen (secondary N) is 1. The molecular weight excluding hydrogens is 208 g/mol. The maximum absolute atomic E-state index is 11.7. The van der Waals surface area contributed by atoms with Crippen LogP contribution in [0.4, 0.5) is 4.79 Å². The Labute approximate surface area is 95.8 Å². The van der Waals surface area contributed by atoms with Gasteiger partial charge in [0.1, 0.15) is 0 Å². The highest BCUT2D eigenvalue weighted by Gasteiger charge is 2.20. The number of rotatable bonds is 4. The molecule has 1 fully saturated rings. The van der Waals surface area contributed by atoms with E-state index in [4.69, 9.17) is 5.11 Å². The van der Waals surface area contributed by atoms with Crippen LogP contribution in [0.5, 0.6) is 0 Å². The molecule has 2 amide bonds. The minimum absolute atomic E-state index is 0.0584. The number of carbonyl (C=O) groups is 2. The fourth-order valence-corrected chi connectivity index (χ4v) is 1.92. The van der Waals surface area contributed by atoms with Crippen molar-refractivity contribution in [2.45, 2.75) is 32.6 Å². The number of likely N-dealkylation sites (tertiary alicyclic amines) is 1. The molecule has 5 nitrogen and oxygen atoms in total. The summed E-state index contributed by atoms with van der Waals surface area (Å²) in [6.45, 7) is 4.21. The Kier molecular flexibility index (Phi) is 5.08. The number of aliphatic carboxylic acids is 1. The number of hydrogen-bond donors (Lipinski definition) is 2. The summed E-state index contributed by atoms with van der Waals surface area (Å²) in [7, 11) is 0. The second kappa shape index (κ2) is 6.35. The summed E-state index contributed by atoms with van der Waals surface area (Å²) in [6, 6.07) is -0.0584. The quantitative estimate of drug-likeness (QED) is 0.712. The van der Waals surface area contributed by atoms with Gasteiger partial charge < -0.3 is 15.3 Å². The zero-order valence-electron chi connectivity index (χ0n) is 9.74. The third kappa shape index (κ3) is 4.51. The number of carboxylic acids is 1. The maximum atomic E-state index is 11.7. The lowest BCUT2D eigenvalue weighted by molar-refractivity contribution is -0.137. The Balaban J connectivity index is 2.16. The van der Waals surface area contributed by atoms with E-state index in [0.717, 1.165) is 19.5 Å². The van der Waals surface area contributed by atoms with Crippen LogP contribution in [0.2, 0.25) is 0 Å². The van der Waals surface area contributed by atoms with Crippen LogP contribution in [0.1, 0.15) is 32.6 Å². The molecule has 0 aromatic heterocycles. The van der Waals surface area contributed by atoms with E-state index in [1.165, 1.54) is 6.42 Å². The van der Waals surface area contributed by atoms with Crippen molar-refractivity contribution in [3.8, 4) is 0 Å². The average Bonchev–Trinajstić information content (AvgIpc) is 2.24. The lowest BCUT2D eigenvalue weighted by atomic mass is 10.0. The van der Waals surface area contributed by atoms with E-state index in [9.17, 15) is 9.59 Å². The monoisotopic (exact) mass is 228 g/mol. The molecule has 0 saturated carbocycles.